The highest BCUT2D eigenvalue weighted by atomic mass is 15.5. The van der Waals surface area contributed by atoms with E-state index in [9.17, 15) is 0 Å². The van der Waals surface area contributed by atoms with Crippen LogP contribution in [-0.2, 0) is 0 Å². The van der Waals surface area contributed by atoms with Crippen LogP contribution in [0.2, 0.25) is 0 Å². The van der Waals surface area contributed by atoms with Gasteiger partial charge in [-0.05, 0) is 25.5 Å². The number of aryl methyl sites for hydroxylation is 2. The Morgan fingerprint density at radius 3 is 2.92 bits per heavy atom. The van der Waals surface area contributed by atoms with E-state index in [2.05, 4.69) is 34.1 Å². The number of hydrogen-bond donors (Lipinski definition) is 3. The van der Waals surface area contributed by atoms with Crippen LogP contribution in [0.25, 0.3) is 0 Å². The molecule has 0 aliphatic carbocycles. The molecule has 4 heteroatoms. The molecule has 4 nitrogen and oxygen atoms in total. The zero-order valence-electron chi connectivity index (χ0n) is 7.89. The molecule has 1 saturated heterocycles. The van der Waals surface area contributed by atoms with E-state index < -0.39 is 0 Å². The molecule has 1 aromatic rings. The van der Waals surface area contributed by atoms with Gasteiger partial charge >= 0.3 is 0 Å². The molecular weight excluding hydrogens is 164 g/mol. The van der Waals surface area contributed by atoms with E-state index in [1.54, 1.807) is 0 Å². The highest BCUT2D eigenvalue weighted by Gasteiger charge is 2.17. The minimum absolute atomic E-state index is 0.139. The number of hydrazine groups is 1. The fourth-order valence-corrected chi connectivity index (χ4v) is 1.46. The summed E-state index contributed by atoms with van der Waals surface area (Å²) in [6, 6.07) is 4.13. The van der Waals surface area contributed by atoms with Gasteiger partial charge in [0.15, 0.2) is 0 Å². The molecule has 70 valence electrons. The molecule has 2 rings (SSSR count). The molecule has 2 heterocycles. The Morgan fingerprint density at radius 2 is 2.23 bits per heavy atom. The molecule has 0 spiro atoms. The fraction of sp³-hybridized carbons (Fsp3) is 0.444. The standard InChI is InChI=1S/C9H14N4/c1-6-3-4-7(2)12-8(6)9-10-5-11-13-9/h3-4,9-11,13H,5H2,1-2H3. The van der Waals surface area contributed by atoms with Gasteiger partial charge in [-0.1, -0.05) is 6.07 Å². The van der Waals surface area contributed by atoms with Crippen molar-refractivity contribution >= 4 is 0 Å². The molecule has 0 radical (unpaired) electrons. The van der Waals surface area contributed by atoms with Crippen molar-refractivity contribution in [3.05, 3.63) is 29.1 Å². The van der Waals surface area contributed by atoms with Gasteiger partial charge in [-0.15, -0.1) is 0 Å². The number of pyridine rings is 1. The van der Waals surface area contributed by atoms with Gasteiger partial charge in [0.2, 0.25) is 0 Å². The molecule has 0 amide bonds. The van der Waals surface area contributed by atoms with E-state index in [0.717, 1.165) is 18.1 Å². The van der Waals surface area contributed by atoms with E-state index in [0.29, 0.717) is 0 Å². The normalized spacial score (nSPS) is 22.2. The second-order valence-corrected chi connectivity index (χ2v) is 3.29. The van der Waals surface area contributed by atoms with Crippen molar-refractivity contribution in [1.82, 2.24) is 21.2 Å². The lowest BCUT2D eigenvalue weighted by atomic mass is 10.1. The summed E-state index contributed by atoms with van der Waals surface area (Å²) >= 11 is 0. The van der Waals surface area contributed by atoms with Gasteiger partial charge in [0.25, 0.3) is 0 Å². The first-order valence-electron chi connectivity index (χ1n) is 4.43. The Bertz CT molecular complexity index is 304. The van der Waals surface area contributed by atoms with E-state index >= 15 is 0 Å². The summed E-state index contributed by atoms with van der Waals surface area (Å²) in [5.41, 5.74) is 9.47. The Labute approximate surface area is 77.7 Å². The van der Waals surface area contributed by atoms with Gasteiger partial charge < -0.3 is 0 Å². The third-order valence-electron chi connectivity index (χ3n) is 2.19. The van der Waals surface area contributed by atoms with Crippen molar-refractivity contribution in [3.8, 4) is 0 Å². The zero-order valence-corrected chi connectivity index (χ0v) is 7.89. The summed E-state index contributed by atoms with van der Waals surface area (Å²) in [4.78, 5) is 4.49. The molecule has 1 aliphatic heterocycles. The number of aromatic nitrogens is 1. The predicted molar refractivity (Wildman–Crippen MR) is 50.7 cm³/mol. The van der Waals surface area contributed by atoms with Gasteiger partial charge in [0.05, 0.1) is 12.4 Å². The average molecular weight is 178 g/mol. The molecule has 1 atom stereocenters. The lowest BCUT2D eigenvalue weighted by molar-refractivity contribution is 0.537. The summed E-state index contributed by atoms with van der Waals surface area (Å²) in [6.45, 7) is 4.86. The molecule has 1 aromatic heterocycles. The van der Waals surface area contributed by atoms with Crippen molar-refractivity contribution in [3.63, 3.8) is 0 Å². The predicted octanol–water partition coefficient (Wildman–Crippen LogP) is 0.352. The van der Waals surface area contributed by atoms with Gasteiger partial charge in [-0.25, -0.2) is 10.9 Å². The summed E-state index contributed by atoms with van der Waals surface area (Å²) < 4.78 is 0. The van der Waals surface area contributed by atoms with Crippen LogP contribution < -0.4 is 16.2 Å². The minimum Gasteiger partial charge on any atom is -0.282 e. The van der Waals surface area contributed by atoms with Gasteiger partial charge in [0, 0.05) is 5.69 Å². The van der Waals surface area contributed by atoms with Crippen LogP contribution in [0.5, 0.6) is 0 Å². The van der Waals surface area contributed by atoms with Crippen LogP contribution >= 0.6 is 0 Å². The van der Waals surface area contributed by atoms with Crippen LogP contribution in [0.3, 0.4) is 0 Å². The summed E-state index contributed by atoms with van der Waals surface area (Å²) in [6.07, 6.45) is 0.139. The van der Waals surface area contributed by atoms with Gasteiger partial charge in [-0.2, -0.15) is 0 Å². The monoisotopic (exact) mass is 178 g/mol. The molecule has 1 unspecified atom stereocenters. The summed E-state index contributed by atoms with van der Waals surface area (Å²) in [5, 5.41) is 3.26. The number of rotatable bonds is 1. The quantitative estimate of drug-likeness (QED) is 0.581. The maximum atomic E-state index is 4.49. The van der Waals surface area contributed by atoms with E-state index in [4.69, 9.17) is 0 Å². The van der Waals surface area contributed by atoms with Crippen LogP contribution in [0.15, 0.2) is 12.1 Å². The molecule has 1 aliphatic rings. The SMILES string of the molecule is Cc1ccc(C)c(C2NCNN2)n1. The smallest absolute Gasteiger partial charge is 0.115 e. The Hall–Kier alpha value is -0.970. The Morgan fingerprint density at radius 1 is 1.38 bits per heavy atom. The summed E-state index contributed by atoms with van der Waals surface area (Å²) in [7, 11) is 0. The van der Waals surface area contributed by atoms with Crippen LogP contribution in [0, 0.1) is 13.8 Å². The highest BCUT2D eigenvalue weighted by molar-refractivity contribution is 5.23. The molecule has 0 aromatic carbocycles. The summed E-state index contributed by atoms with van der Waals surface area (Å²) in [5.74, 6) is 0. The maximum absolute atomic E-state index is 4.49. The van der Waals surface area contributed by atoms with Crippen LogP contribution in [0.4, 0.5) is 0 Å². The molecule has 3 N–H and O–H groups in total. The van der Waals surface area contributed by atoms with E-state index in [1.807, 2.05) is 13.0 Å². The van der Waals surface area contributed by atoms with Crippen molar-refractivity contribution in [2.75, 3.05) is 6.67 Å². The fourth-order valence-electron chi connectivity index (χ4n) is 1.46. The van der Waals surface area contributed by atoms with Crippen molar-refractivity contribution < 1.29 is 0 Å². The molecule has 0 bridgehead atoms. The maximum Gasteiger partial charge on any atom is 0.115 e. The van der Waals surface area contributed by atoms with Crippen molar-refractivity contribution in [2.24, 2.45) is 0 Å². The Balaban J connectivity index is 2.32. The zero-order chi connectivity index (χ0) is 9.26. The third-order valence-corrected chi connectivity index (χ3v) is 2.19. The average Bonchev–Trinajstić information content (AvgIpc) is 2.61. The number of nitrogens with zero attached hydrogens (tertiary/aromatic N) is 1. The molecular formula is C9H14N4. The van der Waals surface area contributed by atoms with E-state index in [1.165, 1.54) is 5.56 Å². The van der Waals surface area contributed by atoms with E-state index in [-0.39, 0.29) is 6.17 Å². The highest BCUT2D eigenvalue weighted by Crippen LogP contribution is 2.14. The lowest BCUT2D eigenvalue weighted by Gasteiger charge is -2.12. The first-order valence-corrected chi connectivity index (χ1v) is 4.43. The third kappa shape index (κ3) is 1.70. The number of nitrogens with one attached hydrogen (secondary N) is 3. The number of hydrogen-bond acceptors (Lipinski definition) is 4. The van der Waals surface area contributed by atoms with Crippen molar-refractivity contribution in [1.29, 1.82) is 0 Å². The van der Waals surface area contributed by atoms with Crippen molar-refractivity contribution in [2.45, 2.75) is 20.0 Å². The molecule has 13 heavy (non-hydrogen) atoms. The molecule has 0 saturated carbocycles. The first kappa shape index (κ1) is 8.62. The van der Waals surface area contributed by atoms with Gasteiger partial charge in [0.1, 0.15) is 6.17 Å². The van der Waals surface area contributed by atoms with Crippen LogP contribution in [-0.4, -0.2) is 11.7 Å². The second-order valence-electron chi connectivity index (χ2n) is 3.29. The van der Waals surface area contributed by atoms with Crippen LogP contribution in [0.1, 0.15) is 23.1 Å². The van der Waals surface area contributed by atoms with Gasteiger partial charge in [-0.3, -0.25) is 10.3 Å². The second kappa shape index (κ2) is 3.41. The lowest BCUT2D eigenvalue weighted by Crippen LogP contribution is -2.27. The Kier molecular flexibility index (Phi) is 2.26. The minimum atomic E-state index is 0.139. The largest absolute Gasteiger partial charge is 0.282 e. The first-order chi connectivity index (χ1) is 6.27. The molecule has 1 fully saturated rings. The topological polar surface area (TPSA) is 49.0 Å².